The number of carbonyl (C=O) groups excluding carboxylic acids is 1. The van der Waals surface area contributed by atoms with Crippen molar-refractivity contribution < 1.29 is 18.3 Å². The fourth-order valence-corrected chi connectivity index (χ4v) is 1.37. The Morgan fingerprint density at radius 2 is 2.10 bits per heavy atom. The monoisotopic (exact) mass is 280 g/mol. The van der Waals surface area contributed by atoms with Gasteiger partial charge in [0, 0.05) is 18.3 Å². The summed E-state index contributed by atoms with van der Waals surface area (Å²) in [5.41, 5.74) is 4.29. The maximum atomic E-state index is 13.4. The number of hydrogen-bond donors (Lipinski definition) is 2. The number of anilines is 1. The molecule has 1 aromatic heterocycles. The van der Waals surface area contributed by atoms with Gasteiger partial charge in [-0.25, -0.2) is 13.8 Å². The van der Waals surface area contributed by atoms with Gasteiger partial charge in [0.05, 0.1) is 12.7 Å². The zero-order chi connectivity index (χ0) is 14.5. The minimum Gasteiger partial charge on any atom is -0.481 e. The Balaban J connectivity index is 2.04. The summed E-state index contributed by atoms with van der Waals surface area (Å²) in [7, 11) is 1.43. The SMILES string of the molecule is COc1ccnc(NNC(=O)c2ccc(F)cc2F)n1. The maximum Gasteiger partial charge on any atom is 0.272 e. The third-order valence-electron chi connectivity index (χ3n) is 2.30. The van der Waals surface area contributed by atoms with Crippen LogP contribution in [0.2, 0.25) is 0 Å². The fraction of sp³-hybridized carbons (Fsp3) is 0.0833. The van der Waals surface area contributed by atoms with Gasteiger partial charge in [0.25, 0.3) is 5.91 Å². The summed E-state index contributed by atoms with van der Waals surface area (Å²) in [5, 5.41) is 0. The van der Waals surface area contributed by atoms with Crippen molar-refractivity contribution in [2.45, 2.75) is 0 Å². The van der Waals surface area contributed by atoms with Crippen molar-refractivity contribution >= 4 is 11.9 Å². The van der Waals surface area contributed by atoms with Gasteiger partial charge in [-0.2, -0.15) is 4.98 Å². The largest absolute Gasteiger partial charge is 0.481 e. The molecule has 0 unspecified atom stereocenters. The molecule has 0 atom stereocenters. The van der Waals surface area contributed by atoms with Gasteiger partial charge >= 0.3 is 0 Å². The van der Waals surface area contributed by atoms with Crippen LogP contribution in [-0.2, 0) is 0 Å². The first-order chi connectivity index (χ1) is 9.60. The van der Waals surface area contributed by atoms with Crippen molar-refractivity contribution in [3.8, 4) is 5.88 Å². The molecule has 0 saturated heterocycles. The van der Waals surface area contributed by atoms with Crippen molar-refractivity contribution in [2.75, 3.05) is 12.5 Å². The van der Waals surface area contributed by atoms with Crippen LogP contribution in [0.1, 0.15) is 10.4 Å². The minimum absolute atomic E-state index is 0.0696. The number of aromatic nitrogens is 2. The number of ether oxygens (including phenoxy) is 1. The minimum atomic E-state index is -0.962. The number of hydrogen-bond acceptors (Lipinski definition) is 5. The van der Waals surface area contributed by atoms with Gasteiger partial charge in [0.2, 0.25) is 11.8 Å². The molecule has 2 rings (SSSR count). The number of nitrogens with zero attached hydrogens (tertiary/aromatic N) is 2. The zero-order valence-corrected chi connectivity index (χ0v) is 10.4. The predicted molar refractivity (Wildman–Crippen MR) is 66.0 cm³/mol. The summed E-state index contributed by atoms with van der Waals surface area (Å²) >= 11 is 0. The zero-order valence-electron chi connectivity index (χ0n) is 10.4. The van der Waals surface area contributed by atoms with Crippen LogP contribution in [0.25, 0.3) is 0 Å². The van der Waals surface area contributed by atoms with Crippen molar-refractivity contribution in [3.63, 3.8) is 0 Å². The first-order valence-corrected chi connectivity index (χ1v) is 5.48. The number of carbonyl (C=O) groups is 1. The highest BCUT2D eigenvalue weighted by molar-refractivity contribution is 5.94. The van der Waals surface area contributed by atoms with Crippen molar-refractivity contribution in [2.24, 2.45) is 0 Å². The van der Waals surface area contributed by atoms with E-state index in [0.717, 1.165) is 12.1 Å². The van der Waals surface area contributed by atoms with Gasteiger partial charge in [0.15, 0.2) is 0 Å². The molecule has 0 aliphatic carbocycles. The lowest BCUT2D eigenvalue weighted by molar-refractivity contribution is 0.0958. The second-order valence-electron chi connectivity index (χ2n) is 3.63. The van der Waals surface area contributed by atoms with Crippen molar-refractivity contribution in [1.82, 2.24) is 15.4 Å². The summed E-state index contributed by atoms with van der Waals surface area (Å²) in [6.45, 7) is 0. The molecule has 0 saturated carbocycles. The molecule has 6 nitrogen and oxygen atoms in total. The molecule has 0 fully saturated rings. The van der Waals surface area contributed by atoms with Gasteiger partial charge in [-0.3, -0.25) is 15.6 Å². The first kappa shape index (κ1) is 13.7. The molecule has 0 aliphatic heterocycles. The van der Waals surface area contributed by atoms with E-state index in [9.17, 15) is 13.6 Å². The van der Waals surface area contributed by atoms with E-state index >= 15 is 0 Å². The van der Waals surface area contributed by atoms with E-state index in [1.165, 1.54) is 19.4 Å². The predicted octanol–water partition coefficient (Wildman–Crippen LogP) is 1.52. The molecule has 2 aromatic rings. The molecule has 20 heavy (non-hydrogen) atoms. The Morgan fingerprint density at radius 3 is 2.80 bits per heavy atom. The number of rotatable bonds is 4. The first-order valence-electron chi connectivity index (χ1n) is 5.48. The molecule has 0 spiro atoms. The number of benzene rings is 1. The number of halogens is 2. The number of methoxy groups -OCH3 is 1. The smallest absolute Gasteiger partial charge is 0.272 e. The normalized spacial score (nSPS) is 9.95. The summed E-state index contributed by atoms with van der Waals surface area (Å²) in [4.78, 5) is 19.4. The van der Waals surface area contributed by atoms with Crippen LogP contribution >= 0.6 is 0 Å². The van der Waals surface area contributed by atoms with Gasteiger partial charge in [0.1, 0.15) is 11.6 Å². The third-order valence-corrected chi connectivity index (χ3v) is 2.30. The Kier molecular flexibility index (Phi) is 4.04. The molecule has 104 valence electrons. The molecule has 0 aliphatic rings. The average molecular weight is 280 g/mol. The van der Waals surface area contributed by atoms with E-state index in [4.69, 9.17) is 4.74 Å². The van der Waals surface area contributed by atoms with E-state index in [0.29, 0.717) is 11.9 Å². The topological polar surface area (TPSA) is 76.1 Å². The summed E-state index contributed by atoms with van der Waals surface area (Å²) in [6.07, 6.45) is 1.42. The van der Waals surface area contributed by atoms with E-state index in [2.05, 4.69) is 20.8 Å². The summed E-state index contributed by atoms with van der Waals surface area (Å²) < 4.78 is 31.0. The van der Waals surface area contributed by atoms with Crippen LogP contribution < -0.4 is 15.6 Å². The van der Waals surface area contributed by atoms with Crippen LogP contribution in [0.4, 0.5) is 14.7 Å². The number of hydrazine groups is 1. The molecular formula is C12H10F2N4O2. The fourth-order valence-electron chi connectivity index (χ4n) is 1.37. The van der Waals surface area contributed by atoms with E-state index in [-0.39, 0.29) is 11.5 Å². The molecule has 1 amide bonds. The van der Waals surface area contributed by atoms with E-state index in [1.807, 2.05) is 0 Å². The second kappa shape index (κ2) is 5.91. The van der Waals surface area contributed by atoms with Crippen LogP contribution in [0, 0.1) is 11.6 Å². The highest BCUT2D eigenvalue weighted by atomic mass is 19.1. The molecule has 1 heterocycles. The Labute approximate surface area is 112 Å². The second-order valence-corrected chi connectivity index (χ2v) is 3.63. The van der Waals surface area contributed by atoms with Crippen LogP contribution in [0.15, 0.2) is 30.5 Å². The molecule has 1 aromatic carbocycles. The lowest BCUT2D eigenvalue weighted by Crippen LogP contribution is -2.31. The van der Waals surface area contributed by atoms with E-state index < -0.39 is 17.5 Å². The quantitative estimate of drug-likeness (QED) is 0.830. The van der Waals surface area contributed by atoms with Crippen molar-refractivity contribution in [3.05, 3.63) is 47.7 Å². The number of nitrogens with one attached hydrogen (secondary N) is 2. The Hall–Kier alpha value is -2.77. The molecule has 0 bridgehead atoms. The van der Waals surface area contributed by atoms with Gasteiger partial charge < -0.3 is 4.74 Å². The highest BCUT2D eigenvalue weighted by Crippen LogP contribution is 2.10. The Morgan fingerprint density at radius 1 is 1.30 bits per heavy atom. The Bertz CT molecular complexity index is 637. The third kappa shape index (κ3) is 3.16. The molecule has 8 heteroatoms. The molecule has 2 N–H and O–H groups in total. The van der Waals surface area contributed by atoms with Crippen LogP contribution in [-0.4, -0.2) is 23.0 Å². The number of amides is 1. The molecule has 0 radical (unpaired) electrons. The van der Waals surface area contributed by atoms with Gasteiger partial charge in [-0.05, 0) is 12.1 Å². The van der Waals surface area contributed by atoms with Crippen LogP contribution in [0.3, 0.4) is 0 Å². The molecular weight excluding hydrogens is 270 g/mol. The lowest BCUT2D eigenvalue weighted by Gasteiger charge is -2.08. The highest BCUT2D eigenvalue weighted by Gasteiger charge is 2.12. The summed E-state index contributed by atoms with van der Waals surface area (Å²) in [5.74, 6) is -2.14. The van der Waals surface area contributed by atoms with E-state index in [1.54, 1.807) is 0 Å². The maximum absolute atomic E-state index is 13.4. The van der Waals surface area contributed by atoms with Gasteiger partial charge in [-0.1, -0.05) is 0 Å². The standard InChI is InChI=1S/C12H10F2N4O2/c1-20-10-4-5-15-12(16-10)18-17-11(19)8-3-2-7(13)6-9(8)14/h2-6H,1H3,(H,17,19)(H,15,16,18). The average Bonchev–Trinajstić information content (AvgIpc) is 2.45. The van der Waals surface area contributed by atoms with Crippen molar-refractivity contribution in [1.29, 1.82) is 0 Å². The lowest BCUT2D eigenvalue weighted by atomic mass is 10.2. The van der Waals surface area contributed by atoms with Gasteiger partial charge in [-0.15, -0.1) is 0 Å². The van der Waals surface area contributed by atoms with Crippen LogP contribution in [0.5, 0.6) is 5.88 Å². The summed E-state index contributed by atoms with van der Waals surface area (Å²) in [6, 6.07) is 4.16.